The van der Waals surface area contributed by atoms with Crippen LogP contribution in [0, 0.1) is 17.6 Å². The van der Waals surface area contributed by atoms with Crippen molar-refractivity contribution in [3.8, 4) is 0 Å². The minimum absolute atomic E-state index is 0.127. The van der Waals surface area contributed by atoms with Gasteiger partial charge in [-0.25, -0.2) is 17.2 Å². The Kier molecular flexibility index (Phi) is 7.08. The van der Waals surface area contributed by atoms with Crippen molar-refractivity contribution >= 4 is 33.0 Å². The summed E-state index contributed by atoms with van der Waals surface area (Å²) >= 11 is 0. The molecule has 0 aliphatic heterocycles. The van der Waals surface area contributed by atoms with Crippen LogP contribution in [0.3, 0.4) is 0 Å². The normalized spacial score (nSPS) is 11.4. The second kappa shape index (κ2) is 9.16. The number of hydrogen-bond donors (Lipinski definition) is 2. The Morgan fingerprint density at radius 2 is 1.77 bits per heavy atom. The Morgan fingerprint density at radius 3 is 2.37 bits per heavy atom. The molecule has 0 radical (unpaired) electrons. The molecule has 1 aromatic carbocycles. The molecule has 1 heterocycles. The summed E-state index contributed by atoms with van der Waals surface area (Å²) in [5.41, 5.74) is -1.86. The minimum atomic E-state index is -3.32. The number of anilines is 2. The Hall–Kier alpha value is -3.08. The number of hydrogen-bond acceptors (Lipinski definition) is 5. The first-order chi connectivity index (χ1) is 13.9. The highest BCUT2D eigenvalue weighted by molar-refractivity contribution is 7.90. The van der Waals surface area contributed by atoms with Gasteiger partial charge in [0.1, 0.15) is 27.2 Å². The summed E-state index contributed by atoms with van der Waals surface area (Å²) in [5, 5.41) is 4.49. The monoisotopic (exact) mass is 441 g/mol. The van der Waals surface area contributed by atoms with Gasteiger partial charge in [0.2, 0.25) is 5.91 Å². The van der Waals surface area contributed by atoms with E-state index in [1.165, 1.54) is 18.3 Å². The molecule has 0 aliphatic rings. The zero-order valence-corrected chi connectivity index (χ0v) is 17.3. The maximum atomic E-state index is 14.1. The van der Waals surface area contributed by atoms with Gasteiger partial charge in [0.15, 0.2) is 0 Å². The van der Waals surface area contributed by atoms with E-state index in [9.17, 15) is 31.6 Å². The number of rotatable bonds is 7. The standard InChI is InChI=1S/C19H21F2N3O5S/c1-11(2)17(25)23-16-9-12(13(20)10-14(16)21)18(26)22-15-5-4-6-24(19(15)27)7-8-30(3,28)29/h4-6,9-11H,7-8H2,1-3H3,(H,22,26)(H,23,25). The van der Waals surface area contributed by atoms with Crippen LogP contribution in [0.2, 0.25) is 0 Å². The Balaban J connectivity index is 2.30. The van der Waals surface area contributed by atoms with Crippen LogP contribution < -0.4 is 16.2 Å². The fourth-order valence-corrected chi connectivity index (χ4v) is 2.89. The summed E-state index contributed by atoms with van der Waals surface area (Å²) in [6, 6.07) is 3.97. The highest BCUT2D eigenvalue weighted by Gasteiger charge is 2.19. The summed E-state index contributed by atoms with van der Waals surface area (Å²) in [6.45, 7) is 3.03. The quantitative estimate of drug-likeness (QED) is 0.682. The molecule has 0 spiro atoms. The van der Waals surface area contributed by atoms with Crippen LogP contribution in [-0.4, -0.2) is 36.8 Å². The van der Waals surface area contributed by atoms with Gasteiger partial charge in [-0.05, 0) is 18.2 Å². The van der Waals surface area contributed by atoms with Crippen molar-refractivity contribution in [2.45, 2.75) is 20.4 Å². The van der Waals surface area contributed by atoms with Gasteiger partial charge in [-0.3, -0.25) is 14.4 Å². The van der Waals surface area contributed by atoms with Crippen molar-refractivity contribution in [1.29, 1.82) is 0 Å². The van der Waals surface area contributed by atoms with Crippen molar-refractivity contribution in [2.75, 3.05) is 22.6 Å². The molecule has 0 fully saturated rings. The van der Waals surface area contributed by atoms with E-state index in [1.54, 1.807) is 13.8 Å². The molecule has 2 aromatic rings. The Bertz CT molecular complexity index is 1140. The van der Waals surface area contributed by atoms with Gasteiger partial charge in [0, 0.05) is 31.0 Å². The van der Waals surface area contributed by atoms with Gasteiger partial charge in [0.05, 0.1) is 17.0 Å². The van der Waals surface area contributed by atoms with Crippen LogP contribution in [0.25, 0.3) is 0 Å². The van der Waals surface area contributed by atoms with Gasteiger partial charge in [-0.15, -0.1) is 0 Å². The lowest BCUT2D eigenvalue weighted by molar-refractivity contribution is -0.118. The van der Waals surface area contributed by atoms with E-state index in [4.69, 9.17) is 0 Å². The molecule has 30 heavy (non-hydrogen) atoms. The van der Waals surface area contributed by atoms with E-state index in [1.807, 2.05) is 0 Å². The molecule has 0 unspecified atom stereocenters. The van der Waals surface area contributed by atoms with Crippen molar-refractivity contribution in [1.82, 2.24) is 4.57 Å². The number of carbonyl (C=O) groups is 2. The maximum absolute atomic E-state index is 14.1. The van der Waals surface area contributed by atoms with Crippen molar-refractivity contribution in [3.05, 3.63) is 58.0 Å². The summed E-state index contributed by atoms with van der Waals surface area (Å²) in [6.07, 6.45) is 2.37. The van der Waals surface area contributed by atoms with Crippen LogP contribution >= 0.6 is 0 Å². The van der Waals surface area contributed by atoms with E-state index in [0.29, 0.717) is 6.07 Å². The van der Waals surface area contributed by atoms with E-state index in [0.717, 1.165) is 16.9 Å². The molecular weight excluding hydrogens is 420 g/mol. The van der Waals surface area contributed by atoms with E-state index >= 15 is 0 Å². The highest BCUT2D eigenvalue weighted by atomic mass is 32.2. The predicted octanol–water partition coefficient (Wildman–Crippen LogP) is 2.02. The third kappa shape index (κ3) is 5.96. The van der Waals surface area contributed by atoms with Crippen LogP contribution in [-0.2, 0) is 21.2 Å². The molecule has 0 bridgehead atoms. The molecule has 162 valence electrons. The molecule has 0 atom stereocenters. The molecule has 2 rings (SSSR count). The average molecular weight is 441 g/mol. The smallest absolute Gasteiger partial charge is 0.274 e. The number of carbonyl (C=O) groups excluding carboxylic acids is 2. The van der Waals surface area contributed by atoms with Gasteiger partial charge >= 0.3 is 0 Å². The van der Waals surface area contributed by atoms with Crippen molar-refractivity contribution < 1.29 is 26.8 Å². The molecular formula is C19H21F2N3O5S. The lowest BCUT2D eigenvalue weighted by Crippen LogP contribution is -2.28. The number of pyridine rings is 1. The van der Waals surface area contributed by atoms with Crippen molar-refractivity contribution in [3.63, 3.8) is 0 Å². The zero-order valence-electron chi connectivity index (χ0n) is 16.5. The first kappa shape index (κ1) is 23.2. The largest absolute Gasteiger partial charge is 0.323 e. The Morgan fingerprint density at radius 1 is 1.10 bits per heavy atom. The SMILES string of the molecule is CC(C)C(=O)Nc1cc(C(=O)Nc2cccn(CCS(C)(=O)=O)c2=O)c(F)cc1F. The molecule has 0 saturated heterocycles. The number of aromatic nitrogens is 1. The molecule has 0 saturated carbocycles. The number of benzene rings is 1. The average Bonchev–Trinajstić information content (AvgIpc) is 2.63. The number of sulfone groups is 1. The first-order valence-corrected chi connectivity index (χ1v) is 10.9. The van der Waals surface area contributed by atoms with Gasteiger partial charge < -0.3 is 15.2 Å². The Labute approximate surface area is 171 Å². The predicted molar refractivity (Wildman–Crippen MR) is 108 cm³/mol. The maximum Gasteiger partial charge on any atom is 0.274 e. The van der Waals surface area contributed by atoms with E-state index < -0.39 is 50.3 Å². The van der Waals surface area contributed by atoms with Gasteiger partial charge in [-0.2, -0.15) is 0 Å². The van der Waals surface area contributed by atoms with Crippen molar-refractivity contribution in [2.24, 2.45) is 5.92 Å². The van der Waals surface area contributed by atoms with Gasteiger partial charge in [-0.1, -0.05) is 13.8 Å². The first-order valence-electron chi connectivity index (χ1n) is 8.87. The molecule has 0 aliphatic carbocycles. The summed E-state index contributed by atoms with van der Waals surface area (Å²) in [4.78, 5) is 36.7. The van der Waals surface area contributed by atoms with Crippen LogP contribution in [0.1, 0.15) is 24.2 Å². The topological polar surface area (TPSA) is 114 Å². The lowest BCUT2D eigenvalue weighted by atomic mass is 10.1. The molecule has 2 amide bonds. The van der Waals surface area contributed by atoms with Crippen LogP contribution in [0.4, 0.5) is 20.2 Å². The molecule has 1 aromatic heterocycles. The van der Waals surface area contributed by atoms with Crippen LogP contribution in [0.5, 0.6) is 0 Å². The third-order valence-electron chi connectivity index (χ3n) is 4.05. The molecule has 8 nitrogen and oxygen atoms in total. The summed E-state index contributed by atoms with van der Waals surface area (Å²) in [5.74, 6) is -4.55. The summed E-state index contributed by atoms with van der Waals surface area (Å²) < 4.78 is 51.8. The number of halogens is 2. The van der Waals surface area contributed by atoms with Crippen LogP contribution in [0.15, 0.2) is 35.3 Å². The lowest BCUT2D eigenvalue weighted by Gasteiger charge is -2.12. The summed E-state index contributed by atoms with van der Waals surface area (Å²) in [7, 11) is -3.32. The van der Waals surface area contributed by atoms with E-state index in [2.05, 4.69) is 10.6 Å². The van der Waals surface area contributed by atoms with E-state index in [-0.39, 0.29) is 23.7 Å². The van der Waals surface area contributed by atoms with Gasteiger partial charge in [0.25, 0.3) is 11.5 Å². The second-order valence-electron chi connectivity index (χ2n) is 6.96. The number of nitrogens with one attached hydrogen (secondary N) is 2. The number of nitrogens with zero attached hydrogens (tertiary/aromatic N) is 1. The minimum Gasteiger partial charge on any atom is -0.323 e. The second-order valence-corrected chi connectivity index (χ2v) is 9.22. The number of amides is 2. The molecule has 11 heteroatoms. The number of aryl methyl sites for hydroxylation is 1. The fourth-order valence-electron chi connectivity index (χ4n) is 2.36. The molecule has 2 N–H and O–H groups in total. The fraction of sp³-hybridized carbons (Fsp3) is 0.316. The highest BCUT2D eigenvalue weighted by Crippen LogP contribution is 2.21. The third-order valence-corrected chi connectivity index (χ3v) is 4.98. The zero-order chi connectivity index (χ0) is 22.6.